The molecular formula is C14H19BrN2O3. The summed E-state index contributed by atoms with van der Waals surface area (Å²) in [6.45, 7) is 5.21. The second kappa shape index (κ2) is 6.74. The average molecular weight is 343 g/mol. The van der Waals surface area contributed by atoms with Crippen molar-refractivity contribution < 1.29 is 14.7 Å². The predicted molar refractivity (Wildman–Crippen MR) is 80.6 cm³/mol. The summed E-state index contributed by atoms with van der Waals surface area (Å²) in [5.41, 5.74) is 0.175. The third kappa shape index (κ3) is 5.61. The predicted octanol–water partition coefficient (Wildman–Crippen LogP) is 3.06. The maximum Gasteiger partial charge on any atom is 0.315 e. The van der Waals surface area contributed by atoms with Gasteiger partial charge in [-0.1, -0.05) is 28.1 Å². The number of halogens is 1. The summed E-state index contributed by atoms with van der Waals surface area (Å²) in [4.78, 5) is 22.6. The molecule has 1 aromatic carbocycles. The lowest BCUT2D eigenvalue weighted by atomic mass is 10.0. The molecule has 2 amide bonds. The minimum atomic E-state index is -0.948. The van der Waals surface area contributed by atoms with Crippen molar-refractivity contribution >= 4 is 27.9 Å². The van der Waals surface area contributed by atoms with E-state index in [2.05, 4.69) is 26.6 Å². The largest absolute Gasteiger partial charge is 0.481 e. The van der Waals surface area contributed by atoms with Crippen molar-refractivity contribution in [1.82, 2.24) is 10.6 Å². The molecule has 1 rings (SSSR count). The van der Waals surface area contributed by atoms with Gasteiger partial charge in [-0.05, 0) is 38.5 Å². The highest BCUT2D eigenvalue weighted by Gasteiger charge is 2.24. The Morgan fingerprint density at radius 3 is 2.35 bits per heavy atom. The van der Waals surface area contributed by atoms with Crippen LogP contribution in [0.1, 0.15) is 38.8 Å². The third-order valence-electron chi connectivity index (χ3n) is 2.76. The van der Waals surface area contributed by atoms with E-state index in [0.29, 0.717) is 0 Å². The van der Waals surface area contributed by atoms with E-state index >= 15 is 0 Å². The molecule has 0 heterocycles. The number of carboxylic acids is 1. The van der Waals surface area contributed by atoms with E-state index < -0.39 is 11.5 Å². The van der Waals surface area contributed by atoms with Crippen LogP contribution in [0.25, 0.3) is 0 Å². The Morgan fingerprint density at radius 2 is 1.85 bits per heavy atom. The lowest BCUT2D eigenvalue weighted by Crippen LogP contribution is -2.49. The maximum atomic E-state index is 11.9. The van der Waals surface area contributed by atoms with Crippen LogP contribution in [-0.2, 0) is 4.79 Å². The highest BCUT2D eigenvalue weighted by molar-refractivity contribution is 9.10. The van der Waals surface area contributed by atoms with Gasteiger partial charge in [-0.15, -0.1) is 0 Å². The summed E-state index contributed by atoms with van der Waals surface area (Å²) in [5.74, 6) is -0.948. The Kier molecular flexibility index (Phi) is 5.56. The van der Waals surface area contributed by atoms with Crippen molar-refractivity contribution in [2.75, 3.05) is 0 Å². The Balaban J connectivity index is 2.57. The number of amides is 2. The summed E-state index contributed by atoms with van der Waals surface area (Å²) in [7, 11) is 0. The molecule has 0 aliphatic carbocycles. The normalized spacial score (nSPS) is 12.6. The molecule has 0 spiro atoms. The number of carboxylic acid groups (broad SMARTS) is 1. The second-order valence-electron chi connectivity index (χ2n) is 5.33. The molecule has 0 saturated heterocycles. The van der Waals surface area contributed by atoms with E-state index in [1.807, 2.05) is 31.2 Å². The summed E-state index contributed by atoms with van der Waals surface area (Å²) in [6.07, 6.45) is -0.132. The molecule has 110 valence electrons. The van der Waals surface area contributed by atoms with Crippen molar-refractivity contribution in [1.29, 1.82) is 0 Å². The van der Waals surface area contributed by atoms with Gasteiger partial charge >= 0.3 is 12.0 Å². The van der Waals surface area contributed by atoms with Crippen molar-refractivity contribution in [2.24, 2.45) is 0 Å². The molecule has 0 bridgehead atoms. The molecule has 0 saturated carbocycles. The second-order valence-corrected chi connectivity index (χ2v) is 6.24. The van der Waals surface area contributed by atoms with Gasteiger partial charge in [-0.25, -0.2) is 4.79 Å². The van der Waals surface area contributed by atoms with Gasteiger partial charge in [0.1, 0.15) is 0 Å². The molecule has 1 unspecified atom stereocenters. The molecule has 0 aliphatic rings. The van der Waals surface area contributed by atoms with Crippen LogP contribution in [0.5, 0.6) is 0 Å². The number of hydrogen-bond donors (Lipinski definition) is 3. The first-order chi connectivity index (χ1) is 9.19. The fourth-order valence-corrected chi connectivity index (χ4v) is 2.06. The van der Waals surface area contributed by atoms with E-state index in [0.717, 1.165) is 10.0 Å². The van der Waals surface area contributed by atoms with Crippen LogP contribution in [0.3, 0.4) is 0 Å². The Morgan fingerprint density at radius 1 is 1.30 bits per heavy atom. The third-order valence-corrected chi connectivity index (χ3v) is 3.29. The summed E-state index contributed by atoms with van der Waals surface area (Å²) < 4.78 is 0.973. The number of carbonyl (C=O) groups is 2. The fourth-order valence-electron chi connectivity index (χ4n) is 1.80. The van der Waals surface area contributed by atoms with Crippen LogP contribution < -0.4 is 10.6 Å². The van der Waals surface area contributed by atoms with Gasteiger partial charge in [0.2, 0.25) is 0 Å². The van der Waals surface area contributed by atoms with Crippen LogP contribution >= 0.6 is 15.9 Å². The van der Waals surface area contributed by atoms with Gasteiger partial charge in [0.05, 0.1) is 12.5 Å². The molecule has 20 heavy (non-hydrogen) atoms. The van der Waals surface area contributed by atoms with Crippen molar-refractivity contribution in [3.63, 3.8) is 0 Å². The number of carbonyl (C=O) groups excluding carboxylic acids is 1. The number of aliphatic carboxylic acids is 1. The van der Waals surface area contributed by atoms with Gasteiger partial charge in [-0.2, -0.15) is 0 Å². The van der Waals surface area contributed by atoms with Gasteiger partial charge in [0.15, 0.2) is 0 Å². The smallest absolute Gasteiger partial charge is 0.315 e. The highest BCUT2D eigenvalue weighted by atomic mass is 79.9. The Hall–Kier alpha value is -1.56. The monoisotopic (exact) mass is 342 g/mol. The first-order valence-electron chi connectivity index (χ1n) is 6.25. The summed E-state index contributed by atoms with van der Waals surface area (Å²) in [6, 6.07) is 7.09. The van der Waals surface area contributed by atoms with Crippen molar-refractivity contribution in [3.05, 3.63) is 34.3 Å². The van der Waals surface area contributed by atoms with Crippen molar-refractivity contribution in [3.8, 4) is 0 Å². The van der Waals surface area contributed by atoms with Crippen LogP contribution in [-0.4, -0.2) is 22.6 Å². The molecule has 0 aromatic heterocycles. The lowest BCUT2D eigenvalue weighted by molar-refractivity contribution is -0.138. The number of rotatable bonds is 5. The lowest BCUT2D eigenvalue weighted by Gasteiger charge is -2.25. The number of nitrogens with one attached hydrogen (secondary N) is 2. The molecule has 3 N–H and O–H groups in total. The first-order valence-corrected chi connectivity index (χ1v) is 7.05. The van der Waals surface area contributed by atoms with Gasteiger partial charge < -0.3 is 15.7 Å². The molecule has 0 aliphatic heterocycles. The molecule has 0 fully saturated rings. The fraction of sp³-hybridized carbons (Fsp3) is 0.429. The number of urea groups is 1. The summed E-state index contributed by atoms with van der Waals surface area (Å²) >= 11 is 3.35. The van der Waals surface area contributed by atoms with E-state index in [-0.39, 0.29) is 18.5 Å². The van der Waals surface area contributed by atoms with Gasteiger partial charge in [0, 0.05) is 10.0 Å². The Bertz CT molecular complexity index is 486. The molecule has 0 radical (unpaired) electrons. The first kappa shape index (κ1) is 16.5. The minimum Gasteiger partial charge on any atom is -0.481 e. The standard InChI is InChI=1S/C14H19BrN2O3/c1-9(10-4-6-11(15)7-5-10)16-13(20)17-14(2,3)8-12(18)19/h4-7,9H,8H2,1-3H3,(H,18,19)(H2,16,17,20). The number of hydrogen-bond acceptors (Lipinski definition) is 2. The molecule has 6 heteroatoms. The minimum absolute atomic E-state index is 0.132. The van der Waals surface area contributed by atoms with Crippen LogP contribution in [0.15, 0.2) is 28.7 Å². The van der Waals surface area contributed by atoms with Gasteiger partial charge in [0.25, 0.3) is 0 Å². The quantitative estimate of drug-likeness (QED) is 0.769. The van der Waals surface area contributed by atoms with E-state index in [1.54, 1.807) is 13.8 Å². The van der Waals surface area contributed by atoms with Crippen LogP contribution in [0.4, 0.5) is 4.79 Å². The highest BCUT2D eigenvalue weighted by Crippen LogP contribution is 2.16. The Labute approximate surface area is 126 Å². The molecule has 5 nitrogen and oxygen atoms in total. The average Bonchev–Trinajstić information content (AvgIpc) is 2.26. The zero-order valence-electron chi connectivity index (χ0n) is 11.7. The van der Waals surface area contributed by atoms with E-state index in [9.17, 15) is 9.59 Å². The SMILES string of the molecule is CC(NC(=O)NC(C)(C)CC(=O)O)c1ccc(Br)cc1. The molecular weight excluding hydrogens is 324 g/mol. The van der Waals surface area contributed by atoms with E-state index in [1.165, 1.54) is 0 Å². The van der Waals surface area contributed by atoms with Gasteiger partial charge in [-0.3, -0.25) is 4.79 Å². The van der Waals surface area contributed by atoms with Crippen LogP contribution in [0.2, 0.25) is 0 Å². The maximum absolute atomic E-state index is 11.9. The van der Waals surface area contributed by atoms with E-state index in [4.69, 9.17) is 5.11 Å². The molecule has 1 aromatic rings. The topological polar surface area (TPSA) is 78.4 Å². The van der Waals surface area contributed by atoms with Crippen molar-refractivity contribution in [2.45, 2.75) is 38.8 Å². The molecule has 1 atom stereocenters. The van der Waals surface area contributed by atoms with Crippen LogP contribution in [0, 0.1) is 0 Å². The number of benzene rings is 1. The zero-order valence-corrected chi connectivity index (χ0v) is 13.3. The zero-order chi connectivity index (χ0) is 15.3. The summed E-state index contributed by atoms with van der Waals surface area (Å²) in [5, 5.41) is 14.2.